The van der Waals surface area contributed by atoms with Crippen LogP contribution < -0.4 is 5.32 Å². The molecule has 5 heteroatoms. The van der Waals surface area contributed by atoms with Gasteiger partial charge in [-0.1, -0.05) is 6.92 Å². The van der Waals surface area contributed by atoms with Crippen LogP contribution >= 0.6 is 0 Å². The Bertz CT molecular complexity index is 611. The molecule has 0 aliphatic rings. The molecule has 0 spiro atoms. The van der Waals surface area contributed by atoms with Crippen LogP contribution in [0.5, 0.6) is 0 Å². The van der Waals surface area contributed by atoms with Gasteiger partial charge < -0.3 is 5.32 Å². The molecule has 0 saturated heterocycles. The summed E-state index contributed by atoms with van der Waals surface area (Å²) >= 11 is 0. The number of nitrogens with zero attached hydrogens (tertiary/aromatic N) is 3. The fourth-order valence-electron chi connectivity index (χ4n) is 2.26. The first kappa shape index (κ1) is 15.2. The second kappa shape index (κ2) is 6.08. The third kappa shape index (κ3) is 3.48. The van der Waals surface area contributed by atoms with E-state index in [1.54, 1.807) is 18.6 Å². The van der Waals surface area contributed by atoms with Crippen molar-refractivity contribution in [3.05, 3.63) is 47.5 Å². The highest BCUT2D eigenvalue weighted by Crippen LogP contribution is 2.19. The molecule has 1 N–H and O–H groups in total. The summed E-state index contributed by atoms with van der Waals surface area (Å²) < 4.78 is 1.92. The third-order valence-corrected chi connectivity index (χ3v) is 3.29. The maximum atomic E-state index is 12.4. The molecule has 0 aromatic carbocycles. The predicted octanol–water partition coefficient (Wildman–Crippen LogP) is 2.53. The van der Waals surface area contributed by atoms with Crippen LogP contribution in [-0.4, -0.2) is 20.7 Å². The van der Waals surface area contributed by atoms with E-state index in [0.717, 1.165) is 17.7 Å². The van der Waals surface area contributed by atoms with Crippen LogP contribution in [0.3, 0.4) is 0 Å². The lowest BCUT2D eigenvalue weighted by atomic mass is 10.1. The molecule has 2 heterocycles. The Morgan fingerprint density at radius 1 is 1.29 bits per heavy atom. The molecule has 0 atom stereocenters. The molecule has 5 nitrogen and oxygen atoms in total. The maximum Gasteiger partial charge on any atom is 0.255 e. The molecule has 0 bridgehead atoms. The fourth-order valence-corrected chi connectivity index (χ4v) is 2.26. The molecule has 0 radical (unpaired) electrons. The van der Waals surface area contributed by atoms with Crippen molar-refractivity contribution < 1.29 is 4.79 Å². The molecule has 0 unspecified atom stereocenters. The highest BCUT2D eigenvalue weighted by molar-refractivity contribution is 5.95. The van der Waals surface area contributed by atoms with E-state index >= 15 is 0 Å². The van der Waals surface area contributed by atoms with Crippen molar-refractivity contribution in [2.45, 2.75) is 46.2 Å². The number of amides is 1. The molecule has 0 aliphatic heterocycles. The number of rotatable bonds is 4. The maximum absolute atomic E-state index is 12.4. The van der Waals surface area contributed by atoms with Gasteiger partial charge in [-0.15, -0.1) is 0 Å². The number of nitrogens with one attached hydrogen (secondary N) is 1. The standard InChI is InChI=1S/C16H22N4O/c1-5-14-13(11-19-20(14)16(2,3)4)15(21)18-10-12-6-8-17-9-7-12/h6-9,11H,5,10H2,1-4H3,(H,18,21). The largest absolute Gasteiger partial charge is 0.348 e. The van der Waals surface area contributed by atoms with Crippen LogP contribution in [0.4, 0.5) is 0 Å². The van der Waals surface area contributed by atoms with E-state index in [1.165, 1.54) is 0 Å². The lowest BCUT2D eigenvalue weighted by molar-refractivity contribution is 0.0949. The Labute approximate surface area is 125 Å². The molecule has 21 heavy (non-hydrogen) atoms. The summed E-state index contributed by atoms with van der Waals surface area (Å²) in [7, 11) is 0. The van der Waals surface area contributed by atoms with Gasteiger partial charge >= 0.3 is 0 Å². The van der Waals surface area contributed by atoms with Gasteiger partial charge in [0, 0.05) is 18.9 Å². The first-order chi connectivity index (χ1) is 9.93. The van der Waals surface area contributed by atoms with Gasteiger partial charge in [0.15, 0.2) is 0 Å². The SMILES string of the molecule is CCc1c(C(=O)NCc2ccncc2)cnn1C(C)(C)C. The number of hydrogen-bond acceptors (Lipinski definition) is 3. The van der Waals surface area contributed by atoms with Crippen molar-refractivity contribution in [2.75, 3.05) is 0 Å². The van der Waals surface area contributed by atoms with E-state index < -0.39 is 0 Å². The molecular weight excluding hydrogens is 264 g/mol. The molecule has 112 valence electrons. The van der Waals surface area contributed by atoms with E-state index in [4.69, 9.17) is 0 Å². The molecule has 0 aliphatic carbocycles. The first-order valence-corrected chi connectivity index (χ1v) is 7.18. The predicted molar refractivity (Wildman–Crippen MR) is 82.0 cm³/mol. The quantitative estimate of drug-likeness (QED) is 0.939. The van der Waals surface area contributed by atoms with E-state index in [2.05, 4.69) is 36.2 Å². The van der Waals surface area contributed by atoms with E-state index in [0.29, 0.717) is 12.1 Å². The summed E-state index contributed by atoms with van der Waals surface area (Å²) in [4.78, 5) is 16.3. The lowest BCUT2D eigenvalue weighted by Gasteiger charge is -2.22. The van der Waals surface area contributed by atoms with Crippen LogP contribution in [0, 0.1) is 0 Å². The fraction of sp³-hybridized carbons (Fsp3) is 0.438. The highest BCUT2D eigenvalue weighted by atomic mass is 16.1. The van der Waals surface area contributed by atoms with Crippen molar-refractivity contribution >= 4 is 5.91 Å². The first-order valence-electron chi connectivity index (χ1n) is 7.18. The monoisotopic (exact) mass is 286 g/mol. The minimum Gasteiger partial charge on any atom is -0.348 e. The Kier molecular flexibility index (Phi) is 4.40. The van der Waals surface area contributed by atoms with Crippen molar-refractivity contribution in [3.8, 4) is 0 Å². The topological polar surface area (TPSA) is 59.8 Å². The minimum atomic E-state index is -0.130. The summed E-state index contributed by atoms with van der Waals surface area (Å²) in [5.41, 5.74) is 2.52. The summed E-state index contributed by atoms with van der Waals surface area (Å²) in [6.45, 7) is 8.78. The number of aromatic nitrogens is 3. The Hall–Kier alpha value is -2.17. The Balaban J connectivity index is 2.15. The molecule has 0 saturated carbocycles. The van der Waals surface area contributed by atoms with Gasteiger partial charge in [0.05, 0.1) is 23.0 Å². The van der Waals surface area contributed by atoms with Gasteiger partial charge in [-0.25, -0.2) is 0 Å². The van der Waals surface area contributed by atoms with Gasteiger partial charge in [-0.05, 0) is 44.9 Å². The Morgan fingerprint density at radius 2 is 1.95 bits per heavy atom. The van der Waals surface area contributed by atoms with Crippen molar-refractivity contribution in [1.82, 2.24) is 20.1 Å². The van der Waals surface area contributed by atoms with Crippen molar-refractivity contribution in [2.24, 2.45) is 0 Å². The van der Waals surface area contributed by atoms with Crippen LogP contribution in [0.2, 0.25) is 0 Å². The number of pyridine rings is 1. The number of hydrogen-bond donors (Lipinski definition) is 1. The number of carbonyl (C=O) groups is 1. The van der Waals surface area contributed by atoms with E-state index in [1.807, 2.05) is 23.7 Å². The molecular formula is C16H22N4O. The van der Waals surface area contributed by atoms with Crippen LogP contribution in [0.1, 0.15) is 49.3 Å². The number of carbonyl (C=O) groups excluding carboxylic acids is 1. The second-order valence-electron chi connectivity index (χ2n) is 5.98. The molecule has 1 amide bonds. The van der Waals surface area contributed by atoms with Gasteiger partial charge in [0.25, 0.3) is 5.91 Å². The summed E-state index contributed by atoms with van der Waals surface area (Å²) in [5.74, 6) is -0.0841. The van der Waals surface area contributed by atoms with Crippen LogP contribution in [0.25, 0.3) is 0 Å². The van der Waals surface area contributed by atoms with E-state index in [9.17, 15) is 4.79 Å². The van der Waals surface area contributed by atoms with Crippen molar-refractivity contribution in [1.29, 1.82) is 0 Å². The van der Waals surface area contributed by atoms with Crippen LogP contribution in [0.15, 0.2) is 30.7 Å². The third-order valence-electron chi connectivity index (χ3n) is 3.29. The zero-order valence-corrected chi connectivity index (χ0v) is 13.1. The molecule has 2 aromatic heterocycles. The lowest BCUT2D eigenvalue weighted by Crippen LogP contribution is -2.27. The Morgan fingerprint density at radius 3 is 2.52 bits per heavy atom. The van der Waals surface area contributed by atoms with Gasteiger partial charge in [-0.3, -0.25) is 14.5 Å². The molecule has 0 fully saturated rings. The summed E-state index contributed by atoms with van der Waals surface area (Å²) in [6, 6.07) is 3.78. The van der Waals surface area contributed by atoms with Crippen LogP contribution in [-0.2, 0) is 18.5 Å². The van der Waals surface area contributed by atoms with Gasteiger partial charge in [0.2, 0.25) is 0 Å². The minimum absolute atomic E-state index is 0.0841. The van der Waals surface area contributed by atoms with E-state index in [-0.39, 0.29) is 11.4 Å². The van der Waals surface area contributed by atoms with Gasteiger partial charge in [0.1, 0.15) is 0 Å². The molecule has 2 aromatic rings. The summed E-state index contributed by atoms with van der Waals surface area (Å²) in [6.07, 6.45) is 5.87. The zero-order valence-electron chi connectivity index (χ0n) is 13.1. The average molecular weight is 286 g/mol. The zero-order chi connectivity index (χ0) is 15.5. The average Bonchev–Trinajstić information content (AvgIpc) is 2.90. The van der Waals surface area contributed by atoms with Gasteiger partial charge in [-0.2, -0.15) is 5.10 Å². The van der Waals surface area contributed by atoms with Crippen molar-refractivity contribution in [3.63, 3.8) is 0 Å². The molecule has 2 rings (SSSR count). The second-order valence-corrected chi connectivity index (χ2v) is 5.98. The highest BCUT2D eigenvalue weighted by Gasteiger charge is 2.22. The smallest absolute Gasteiger partial charge is 0.255 e. The summed E-state index contributed by atoms with van der Waals surface area (Å²) in [5, 5.41) is 7.31. The normalized spacial score (nSPS) is 11.4.